The lowest BCUT2D eigenvalue weighted by molar-refractivity contribution is -0.384. The topological polar surface area (TPSA) is 114 Å². The van der Waals surface area contributed by atoms with Crippen LogP contribution in [0.1, 0.15) is 12.8 Å². The Hall–Kier alpha value is -2.38. The molecule has 2 rings (SSSR count). The lowest BCUT2D eigenvalue weighted by atomic mass is 10.2. The molecule has 0 saturated carbocycles. The van der Waals surface area contributed by atoms with Gasteiger partial charge in [-0.1, -0.05) is 0 Å². The van der Waals surface area contributed by atoms with Crippen LogP contribution in [-0.2, 0) is 4.79 Å². The molecule has 102 valence electrons. The van der Waals surface area contributed by atoms with Crippen LogP contribution in [0.3, 0.4) is 0 Å². The van der Waals surface area contributed by atoms with Gasteiger partial charge in [0.15, 0.2) is 0 Å². The van der Waals surface area contributed by atoms with Crippen LogP contribution in [0.4, 0.5) is 17.3 Å². The highest BCUT2D eigenvalue weighted by atomic mass is 16.6. The summed E-state index contributed by atoms with van der Waals surface area (Å²) in [5, 5.41) is 13.9. The Morgan fingerprint density at radius 1 is 1.63 bits per heavy atom. The zero-order chi connectivity index (χ0) is 14.0. The first kappa shape index (κ1) is 13.1. The number of hydrogen-bond donors (Lipinski definition) is 2. The maximum atomic E-state index is 11.4. The van der Waals surface area contributed by atoms with Crippen LogP contribution in [0.5, 0.6) is 0 Å². The Labute approximate surface area is 109 Å². The number of nitro groups is 1. The largest absolute Gasteiger partial charge is 0.373 e. The van der Waals surface area contributed by atoms with Gasteiger partial charge in [-0.25, -0.2) is 4.98 Å². The van der Waals surface area contributed by atoms with Crippen molar-refractivity contribution in [1.82, 2.24) is 4.98 Å². The fourth-order valence-electron chi connectivity index (χ4n) is 2.25. The highest BCUT2D eigenvalue weighted by molar-refractivity contribution is 5.85. The Morgan fingerprint density at radius 3 is 2.95 bits per heavy atom. The van der Waals surface area contributed by atoms with E-state index in [0.29, 0.717) is 18.8 Å². The molecule has 0 spiro atoms. The molecule has 1 aromatic heterocycles. The Balaban J connectivity index is 2.46. The molecule has 2 heterocycles. The number of carbonyl (C=O) groups is 1. The van der Waals surface area contributed by atoms with Crippen molar-refractivity contribution in [3.8, 4) is 0 Å². The smallest absolute Gasteiger partial charge is 0.311 e. The van der Waals surface area contributed by atoms with E-state index < -0.39 is 16.9 Å². The summed E-state index contributed by atoms with van der Waals surface area (Å²) in [7, 11) is 1.67. The van der Waals surface area contributed by atoms with E-state index in [-0.39, 0.29) is 11.5 Å². The molecular weight excluding hydrogens is 250 g/mol. The van der Waals surface area contributed by atoms with E-state index in [1.165, 1.54) is 12.1 Å². The number of anilines is 2. The Bertz CT molecular complexity index is 519. The van der Waals surface area contributed by atoms with E-state index in [4.69, 9.17) is 5.73 Å². The monoisotopic (exact) mass is 265 g/mol. The van der Waals surface area contributed by atoms with Crippen molar-refractivity contribution in [3.05, 3.63) is 22.2 Å². The van der Waals surface area contributed by atoms with E-state index >= 15 is 0 Å². The minimum atomic E-state index is -0.529. The molecule has 1 unspecified atom stereocenters. The summed E-state index contributed by atoms with van der Waals surface area (Å²) in [4.78, 5) is 27.7. The first-order chi connectivity index (χ1) is 9.04. The zero-order valence-corrected chi connectivity index (χ0v) is 10.5. The van der Waals surface area contributed by atoms with Crippen molar-refractivity contribution in [3.63, 3.8) is 0 Å². The summed E-state index contributed by atoms with van der Waals surface area (Å²) >= 11 is 0. The predicted molar refractivity (Wildman–Crippen MR) is 70.0 cm³/mol. The molecule has 8 nitrogen and oxygen atoms in total. The van der Waals surface area contributed by atoms with Crippen LogP contribution in [0.2, 0.25) is 0 Å². The molecule has 0 aliphatic carbocycles. The second kappa shape index (κ2) is 5.09. The first-order valence-electron chi connectivity index (χ1n) is 5.93. The number of nitrogens with one attached hydrogen (secondary N) is 1. The van der Waals surface area contributed by atoms with Gasteiger partial charge in [0.25, 0.3) is 0 Å². The maximum Gasteiger partial charge on any atom is 0.311 e. The predicted octanol–water partition coefficient (Wildman–Crippen LogP) is 0.486. The van der Waals surface area contributed by atoms with Crippen molar-refractivity contribution in [2.75, 3.05) is 23.8 Å². The fraction of sp³-hybridized carbons (Fsp3) is 0.455. The minimum Gasteiger partial charge on any atom is -0.373 e. The lowest BCUT2D eigenvalue weighted by Gasteiger charge is -2.23. The third-order valence-corrected chi connectivity index (χ3v) is 3.16. The van der Waals surface area contributed by atoms with Crippen LogP contribution in [0.15, 0.2) is 12.1 Å². The minimum absolute atomic E-state index is 0.118. The summed E-state index contributed by atoms with van der Waals surface area (Å²) in [5.41, 5.74) is 5.21. The van der Waals surface area contributed by atoms with E-state index in [2.05, 4.69) is 10.3 Å². The molecule has 3 N–H and O–H groups in total. The molecular formula is C11H15N5O3. The Morgan fingerprint density at radius 2 is 2.37 bits per heavy atom. The van der Waals surface area contributed by atoms with Crippen LogP contribution in [0.25, 0.3) is 0 Å². The van der Waals surface area contributed by atoms with E-state index in [0.717, 1.165) is 6.42 Å². The van der Waals surface area contributed by atoms with Gasteiger partial charge in [0.2, 0.25) is 11.7 Å². The van der Waals surface area contributed by atoms with Gasteiger partial charge in [0.1, 0.15) is 11.9 Å². The van der Waals surface area contributed by atoms with Crippen LogP contribution >= 0.6 is 0 Å². The van der Waals surface area contributed by atoms with E-state index in [9.17, 15) is 14.9 Å². The highest BCUT2D eigenvalue weighted by Gasteiger charge is 2.34. The lowest BCUT2D eigenvalue weighted by Crippen LogP contribution is -2.41. The first-order valence-corrected chi connectivity index (χ1v) is 5.93. The molecule has 0 aromatic carbocycles. The number of nitrogens with zero attached hydrogens (tertiary/aromatic N) is 3. The number of hydrogen-bond acceptors (Lipinski definition) is 6. The maximum absolute atomic E-state index is 11.4. The summed E-state index contributed by atoms with van der Waals surface area (Å²) < 4.78 is 0. The summed E-state index contributed by atoms with van der Waals surface area (Å²) in [5.74, 6) is 0.220. The standard InChI is InChI=1S/C11H15N5O3/c1-13-9-5-4-8(16(18)19)11(14-9)15-6-2-3-7(15)10(12)17/h4-5,7H,2-3,6H2,1H3,(H2,12,17)(H,13,14). The van der Waals surface area contributed by atoms with Crippen molar-refractivity contribution in [1.29, 1.82) is 0 Å². The summed E-state index contributed by atoms with van der Waals surface area (Å²) in [6.45, 7) is 0.536. The second-order valence-corrected chi connectivity index (χ2v) is 4.30. The Kier molecular flexibility index (Phi) is 3.50. The van der Waals surface area contributed by atoms with Gasteiger partial charge < -0.3 is 16.0 Å². The SMILES string of the molecule is CNc1ccc([N+](=O)[O-])c(N2CCCC2C(N)=O)n1. The fourth-order valence-corrected chi connectivity index (χ4v) is 2.25. The molecule has 1 saturated heterocycles. The third-order valence-electron chi connectivity index (χ3n) is 3.16. The van der Waals surface area contributed by atoms with Gasteiger partial charge in [0.05, 0.1) is 4.92 Å². The average Bonchev–Trinajstić information content (AvgIpc) is 2.87. The van der Waals surface area contributed by atoms with Gasteiger partial charge in [-0.05, 0) is 18.9 Å². The van der Waals surface area contributed by atoms with Gasteiger partial charge in [0, 0.05) is 19.7 Å². The van der Waals surface area contributed by atoms with E-state index in [1.54, 1.807) is 11.9 Å². The zero-order valence-electron chi connectivity index (χ0n) is 10.5. The molecule has 1 amide bonds. The molecule has 8 heteroatoms. The molecule has 1 fully saturated rings. The quantitative estimate of drug-likeness (QED) is 0.604. The summed E-state index contributed by atoms with van der Waals surface area (Å²) in [6, 6.07) is 2.37. The average molecular weight is 265 g/mol. The molecule has 1 aliphatic heterocycles. The van der Waals surface area contributed by atoms with E-state index in [1.807, 2.05) is 0 Å². The van der Waals surface area contributed by atoms with Crippen LogP contribution < -0.4 is 16.0 Å². The number of primary amides is 1. The molecule has 1 atom stereocenters. The van der Waals surface area contributed by atoms with Crippen molar-refractivity contribution < 1.29 is 9.72 Å². The second-order valence-electron chi connectivity index (χ2n) is 4.30. The van der Waals surface area contributed by atoms with Gasteiger partial charge in [-0.15, -0.1) is 0 Å². The van der Waals surface area contributed by atoms with Gasteiger partial charge in [-0.2, -0.15) is 0 Å². The van der Waals surface area contributed by atoms with Gasteiger partial charge >= 0.3 is 5.69 Å². The molecule has 0 radical (unpaired) electrons. The van der Waals surface area contributed by atoms with Crippen molar-refractivity contribution >= 4 is 23.2 Å². The summed E-state index contributed by atoms with van der Waals surface area (Å²) in [6.07, 6.45) is 1.36. The van der Waals surface area contributed by atoms with Crippen molar-refractivity contribution in [2.45, 2.75) is 18.9 Å². The normalized spacial score (nSPS) is 18.4. The number of nitrogens with two attached hydrogens (primary N) is 1. The number of amides is 1. The molecule has 1 aromatic rings. The number of pyridine rings is 1. The third kappa shape index (κ3) is 2.42. The van der Waals surface area contributed by atoms with Gasteiger partial charge in [-0.3, -0.25) is 14.9 Å². The van der Waals surface area contributed by atoms with Crippen LogP contribution in [-0.4, -0.2) is 35.4 Å². The molecule has 19 heavy (non-hydrogen) atoms. The van der Waals surface area contributed by atoms with Crippen molar-refractivity contribution in [2.24, 2.45) is 5.73 Å². The molecule has 1 aliphatic rings. The molecule has 0 bridgehead atoms. The highest BCUT2D eigenvalue weighted by Crippen LogP contribution is 2.32. The van der Waals surface area contributed by atoms with Crippen LogP contribution in [0, 0.1) is 10.1 Å². The number of carbonyl (C=O) groups excluding carboxylic acids is 1. The number of aromatic nitrogens is 1. The number of rotatable bonds is 4.